The van der Waals surface area contributed by atoms with E-state index < -0.39 is 10.0 Å². The molecule has 0 bridgehead atoms. The van der Waals surface area contributed by atoms with Crippen LogP contribution in [0.3, 0.4) is 0 Å². The number of ether oxygens (including phenoxy) is 1. The average molecular weight is 498 g/mol. The van der Waals surface area contributed by atoms with Crippen molar-refractivity contribution in [1.82, 2.24) is 19.2 Å². The van der Waals surface area contributed by atoms with E-state index in [4.69, 9.17) is 4.74 Å². The summed E-state index contributed by atoms with van der Waals surface area (Å²) in [6.07, 6.45) is 2.75. The predicted molar refractivity (Wildman–Crippen MR) is 134 cm³/mol. The van der Waals surface area contributed by atoms with Gasteiger partial charge in [-0.3, -0.25) is 4.79 Å². The number of sulfonamides is 1. The molecule has 1 amide bonds. The fraction of sp³-hybridized carbons (Fsp3) is 0.440. The third-order valence-electron chi connectivity index (χ3n) is 6.80. The normalized spacial score (nSPS) is 17.6. The number of rotatable bonds is 6. The molecule has 0 radical (unpaired) electrons. The summed E-state index contributed by atoms with van der Waals surface area (Å²) in [5.74, 6) is 0.402. The van der Waals surface area contributed by atoms with Crippen LogP contribution in [0, 0.1) is 0 Å². The molecule has 9 nitrogen and oxygen atoms in total. The van der Waals surface area contributed by atoms with Gasteiger partial charge in [0.05, 0.1) is 41.3 Å². The molecule has 0 unspecified atom stereocenters. The van der Waals surface area contributed by atoms with E-state index in [9.17, 15) is 13.2 Å². The van der Waals surface area contributed by atoms with Crippen LogP contribution < -0.4 is 10.2 Å². The number of benzene rings is 2. The molecule has 0 saturated carbocycles. The first-order chi connectivity index (χ1) is 16.9. The Morgan fingerprint density at radius 2 is 1.77 bits per heavy atom. The number of carbonyl (C=O) groups is 1. The molecule has 1 N–H and O–H groups in total. The highest BCUT2D eigenvalue weighted by Crippen LogP contribution is 2.28. The van der Waals surface area contributed by atoms with Crippen molar-refractivity contribution in [1.29, 1.82) is 0 Å². The van der Waals surface area contributed by atoms with Crippen molar-refractivity contribution in [2.75, 3.05) is 44.3 Å². The Hall–Kier alpha value is -2.95. The van der Waals surface area contributed by atoms with Crippen molar-refractivity contribution in [3.8, 4) is 0 Å². The SMILES string of the molecule is Cn1c(CNC(=O)c2cc(S(=O)(=O)N3CCCCC3)ccc2N2CCOCC2)nc2ccccc21. The number of fused-ring (bicyclic) bond motifs is 1. The molecule has 2 saturated heterocycles. The second-order valence-corrected chi connectivity index (χ2v) is 10.9. The molecule has 1 aromatic heterocycles. The lowest BCUT2D eigenvalue weighted by molar-refractivity contribution is 0.0948. The monoisotopic (exact) mass is 497 g/mol. The minimum Gasteiger partial charge on any atom is -0.378 e. The van der Waals surface area contributed by atoms with E-state index in [0.717, 1.165) is 36.1 Å². The summed E-state index contributed by atoms with van der Waals surface area (Å²) < 4.78 is 35.6. The third-order valence-corrected chi connectivity index (χ3v) is 8.70. The number of imidazole rings is 1. The van der Waals surface area contributed by atoms with Crippen LogP contribution in [-0.2, 0) is 28.4 Å². The Kier molecular flexibility index (Phi) is 6.77. The van der Waals surface area contributed by atoms with E-state index in [0.29, 0.717) is 50.6 Å². The van der Waals surface area contributed by atoms with Crippen LogP contribution in [-0.4, -0.2) is 67.6 Å². The smallest absolute Gasteiger partial charge is 0.253 e. The fourth-order valence-corrected chi connectivity index (χ4v) is 6.34. The minimum atomic E-state index is -3.66. The number of aryl methyl sites for hydroxylation is 1. The quantitative estimate of drug-likeness (QED) is 0.562. The number of amides is 1. The molecule has 0 atom stereocenters. The van der Waals surface area contributed by atoms with E-state index >= 15 is 0 Å². The molecule has 186 valence electrons. The molecule has 3 heterocycles. The van der Waals surface area contributed by atoms with Crippen LogP contribution >= 0.6 is 0 Å². The topological polar surface area (TPSA) is 96.8 Å². The maximum Gasteiger partial charge on any atom is 0.253 e. The van der Waals surface area contributed by atoms with Gasteiger partial charge in [0.15, 0.2) is 0 Å². The lowest BCUT2D eigenvalue weighted by atomic mass is 10.1. The minimum absolute atomic E-state index is 0.157. The van der Waals surface area contributed by atoms with Gasteiger partial charge in [-0.25, -0.2) is 13.4 Å². The van der Waals surface area contributed by atoms with Crippen LogP contribution in [0.2, 0.25) is 0 Å². The van der Waals surface area contributed by atoms with Gasteiger partial charge < -0.3 is 19.5 Å². The first-order valence-electron chi connectivity index (χ1n) is 12.1. The second kappa shape index (κ2) is 9.96. The van der Waals surface area contributed by atoms with Crippen LogP contribution in [0.5, 0.6) is 0 Å². The van der Waals surface area contributed by atoms with Crippen molar-refractivity contribution in [2.24, 2.45) is 7.05 Å². The number of para-hydroxylation sites is 2. The molecule has 35 heavy (non-hydrogen) atoms. The zero-order chi connectivity index (χ0) is 24.4. The molecule has 10 heteroatoms. The van der Waals surface area contributed by atoms with E-state index in [1.807, 2.05) is 35.9 Å². The van der Waals surface area contributed by atoms with E-state index in [1.54, 1.807) is 12.1 Å². The summed E-state index contributed by atoms with van der Waals surface area (Å²) in [6.45, 7) is 3.68. The van der Waals surface area contributed by atoms with Gasteiger partial charge in [0.1, 0.15) is 5.82 Å². The predicted octanol–water partition coefficient (Wildman–Crippen LogP) is 2.51. The number of nitrogens with zero attached hydrogens (tertiary/aromatic N) is 4. The standard InChI is InChI=1S/C25H31N5O4S/c1-28-23-8-4-3-7-21(23)27-24(28)18-26-25(31)20-17-19(35(32,33)30-11-5-2-6-12-30)9-10-22(20)29-13-15-34-16-14-29/h3-4,7-10,17H,2,5-6,11-16,18H2,1H3,(H,26,31). The Morgan fingerprint density at radius 3 is 2.51 bits per heavy atom. The number of aromatic nitrogens is 2. The summed E-state index contributed by atoms with van der Waals surface area (Å²) in [5, 5.41) is 2.97. The molecule has 2 fully saturated rings. The molecule has 2 aliphatic heterocycles. The summed E-state index contributed by atoms with van der Waals surface area (Å²) >= 11 is 0. The Labute approximate surface area is 205 Å². The number of morpholine rings is 1. The van der Waals surface area contributed by atoms with Gasteiger partial charge in [-0.1, -0.05) is 18.6 Å². The van der Waals surface area contributed by atoms with E-state index in [1.165, 1.54) is 10.4 Å². The summed E-state index contributed by atoms with van der Waals surface area (Å²) in [4.78, 5) is 20.3. The van der Waals surface area contributed by atoms with Gasteiger partial charge >= 0.3 is 0 Å². The maximum atomic E-state index is 13.4. The van der Waals surface area contributed by atoms with Crippen molar-refractivity contribution in [3.63, 3.8) is 0 Å². The van der Waals surface area contributed by atoms with Crippen molar-refractivity contribution >= 4 is 32.7 Å². The van der Waals surface area contributed by atoms with Crippen LogP contribution in [0.1, 0.15) is 35.4 Å². The van der Waals surface area contributed by atoms with Gasteiger partial charge in [0.25, 0.3) is 5.91 Å². The Balaban J connectivity index is 1.44. The fourth-order valence-electron chi connectivity index (χ4n) is 4.80. The lowest BCUT2D eigenvalue weighted by Gasteiger charge is -2.31. The van der Waals surface area contributed by atoms with E-state index in [2.05, 4.69) is 15.2 Å². The zero-order valence-corrected chi connectivity index (χ0v) is 20.8. The highest BCUT2D eigenvalue weighted by Gasteiger charge is 2.28. The number of nitrogens with one attached hydrogen (secondary N) is 1. The first kappa shape index (κ1) is 23.8. The molecule has 2 aliphatic rings. The van der Waals surface area contributed by atoms with Gasteiger partial charge in [-0.2, -0.15) is 4.31 Å². The summed E-state index contributed by atoms with van der Waals surface area (Å²) in [5.41, 5.74) is 2.92. The maximum absolute atomic E-state index is 13.4. The zero-order valence-electron chi connectivity index (χ0n) is 19.9. The highest BCUT2D eigenvalue weighted by atomic mass is 32.2. The van der Waals surface area contributed by atoms with Gasteiger partial charge in [0.2, 0.25) is 10.0 Å². The van der Waals surface area contributed by atoms with Crippen LogP contribution in [0.15, 0.2) is 47.4 Å². The van der Waals surface area contributed by atoms with E-state index in [-0.39, 0.29) is 17.3 Å². The number of carbonyl (C=O) groups excluding carboxylic acids is 1. The highest BCUT2D eigenvalue weighted by molar-refractivity contribution is 7.89. The van der Waals surface area contributed by atoms with Gasteiger partial charge in [-0.15, -0.1) is 0 Å². The molecule has 2 aromatic carbocycles. The van der Waals surface area contributed by atoms with Crippen molar-refractivity contribution in [2.45, 2.75) is 30.7 Å². The Morgan fingerprint density at radius 1 is 1.03 bits per heavy atom. The van der Waals surface area contributed by atoms with Crippen molar-refractivity contribution in [3.05, 3.63) is 53.9 Å². The molecule has 5 rings (SSSR count). The Bertz CT molecular complexity index is 1320. The number of hydrogen-bond acceptors (Lipinski definition) is 6. The largest absolute Gasteiger partial charge is 0.378 e. The molecular formula is C25H31N5O4S. The van der Waals surface area contributed by atoms with Crippen LogP contribution in [0.4, 0.5) is 5.69 Å². The third kappa shape index (κ3) is 4.78. The van der Waals surface area contributed by atoms with Crippen LogP contribution in [0.25, 0.3) is 11.0 Å². The number of hydrogen-bond donors (Lipinski definition) is 1. The average Bonchev–Trinajstić information content (AvgIpc) is 3.23. The summed E-state index contributed by atoms with van der Waals surface area (Å²) in [6, 6.07) is 12.7. The van der Waals surface area contributed by atoms with Crippen molar-refractivity contribution < 1.29 is 17.9 Å². The molecule has 3 aromatic rings. The molecule has 0 aliphatic carbocycles. The number of anilines is 1. The summed E-state index contributed by atoms with van der Waals surface area (Å²) in [7, 11) is -1.74. The lowest BCUT2D eigenvalue weighted by Crippen LogP contribution is -2.38. The first-order valence-corrected chi connectivity index (χ1v) is 13.5. The van der Waals surface area contributed by atoms with Gasteiger partial charge in [-0.05, 0) is 43.2 Å². The molecular weight excluding hydrogens is 466 g/mol. The number of piperidine rings is 1. The van der Waals surface area contributed by atoms with Gasteiger partial charge in [0, 0.05) is 38.9 Å². The second-order valence-electron chi connectivity index (χ2n) is 9.00. The molecule has 0 spiro atoms.